The Kier molecular flexibility index (Phi) is 2.23. The number of hydrogen-bond donors (Lipinski definition) is 2. The molecule has 5 heteroatoms. The number of nitrogens with two attached hydrogens (primary N) is 1. The van der Waals surface area contributed by atoms with Crippen LogP contribution in [0.25, 0.3) is 16.6 Å². The molecular weight excluding hydrogens is 214 g/mol. The summed E-state index contributed by atoms with van der Waals surface area (Å²) in [5, 5.41) is 5.46. The van der Waals surface area contributed by atoms with Gasteiger partial charge in [0.1, 0.15) is 5.82 Å². The summed E-state index contributed by atoms with van der Waals surface area (Å²) < 4.78 is 1.86. The zero-order valence-electron chi connectivity index (χ0n) is 9.04. The van der Waals surface area contributed by atoms with Gasteiger partial charge in [-0.15, -0.1) is 0 Å². The first-order chi connectivity index (χ1) is 8.38. The fraction of sp³-hybridized carbons (Fsp3) is 0. The maximum Gasteiger partial charge on any atom is 0.142 e. The van der Waals surface area contributed by atoms with E-state index < -0.39 is 0 Å². The highest BCUT2D eigenvalue weighted by atomic mass is 15.3. The lowest BCUT2D eigenvalue weighted by Crippen LogP contribution is -2.09. The van der Waals surface area contributed by atoms with Gasteiger partial charge in [-0.1, -0.05) is 18.2 Å². The van der Waals surface area contributed by atoms with Crippen molar-refractivity contribution < 1.29 is 0 Å². The van der Waals surface area contributed by atoms with Gasteiger partial charge in [0.2, 0.25) is 0 Å². The van der Waals surface area contributed by atoms with E-state index in [0.717, 1.165) is 16.6 Å². The van der Waals surface area contributed by atoms with Crippen LogP contribution < -0.4 is 11.3 Å². The molecular formula is C12H11N5. The number of hydrazine groups is 1. The number of benzene rings is 1. The summed E-state index contributed by atoms with van der Waals surface area (Å²) >= 11 is 0. The molecule has 3 aromatic rings. The number of fused-ring (bicyclic) bond motifs is 1. The van der Waals surface area contributed by atoms with E-state index in [9.17, 15) is 0 Å². The van der Waals surface area contributed by atoms with E-state index in [2.05, 4.69) is 15.5 Å². The number of nitrogen functional groups attached to an aromatic ring is 1. The molecule has 17 heavy (non-hydrogen) atoms. The van der Waals surface area contributed by atoms with Crippen molar-refractivity contribution in [1.29, 1.82) is 0 Å². The van der Waals surface area contributed by atoms with Gasteiger partial charge in [-0.2, -0.15) is 5.10 Å². The number of aromatic nitrogens is 3. The second-order valence-electron chi connectivity index (χ2n) is 3.66. The SMILES string of the molecule is NNc1cc(-n2ncc3ccccc32)ccn1. The van der Waals surface area contributed by atoms with Gasteiger partial charge in [0, 0.05) is 17.6 Å². The third-order valence-corrected chi connectivity index (χ3v) is 2.61. The molecule has 0 spiro atoms. The zero-order chi connectivity index (χ0) is 11.7. The van der Waals surface area contributed by atoms with Crippen LogP contribution in [0.5, 0.6) is 0 Å². The second-order valence-corrected chi connectivity index (χ2v) is 3.66. The summed E-state index contributed by atoms with van der Waals surface area (Å²) in [6, 6.07) is 11.8. The maximum absolute atomic E-state index is 5.34. The average Bonchev–Trinajstić information content (AvgIpc) is 2.82. The van der Waals surface area contributed by atoms with Gasteiger partial charge in [-0.05, 0) is 12.1 Å². The smallest absolute Gasteiger partial charge is 0.142 e. The van der Waals surface area contributed by atoms with E-state index in [1.165, 1.54) is 0 Å². The molecule has 0 aliphatic carbocycles. The van der Waals surface area contributed by atoms with Crippen LogP contribution in [0.4, 0.5) is 5.82 Å². The van der Waals surface area contributed by atoms with Gasteiger partial charge in [-0.25, -0.2) is 15.5 Å². The molecule has 0 saturated heterocycles. The molecule has 0 atom stereocenters. The number of para-hydroxylation sites is 1. The molecule has 0 aliphatic rings. The number of nitrogens with zero attached hydrogens (tertiary/aromatic N) is 3. The molecule has 2 aromatic heterocycles. The first kappa shape index (κ1) is 9.80. The van der Waals surface area contributed by atoms with Crippen molar-refractivity contribution in [1.82, 2.24) is 14.8 Å². The highest BCUT2D eigenvalue weighted by molar-refractivity contribution is 5.80. The monoisotopic (exact) mass is 225 g/mol. The van der Waals surface area contributed by atoms with Crippen molar-refractivity contribution in [2.45, 2.75) is 0 Å². The fourth-order valence-electron chi connectivity index (χ4n) is 1.81. The highest BCUT2D eigenvalue weighted by Crippen LogP contribution is 2.18. The van der Waals surface area contributed by atoms with Crippen molar-refractivity contribution in [3.05, 3.63) is 48.8 Å². The Labute approximate surface area is 97.9 Å². The van der Waals surface area contributed by atoms with Crippen LogP contribution in [0, 0.1) is 0 Å². The number of rotatable bonds is 2. The summed E-state index contributed by atoms with van der Waals surface area (Å²) in [5.74, 6) is 5.96. The summed E-state index contributed by atoms with van der Waals surface area (Å²) in [5.41, 5.74) is 4.51. The largest absolute Gasteiger partial charge is 0.308 e. The van der Waals surface area contributed by atoms with Crippen molar-refractivity contribution in [2.75, 3.05) is 5.43 Å². The molecule has 0 saturated carbocycles. The molecule has 3 N–H and O–H groups in total. The van der Waals surface area contributed by atoms with E-state index in [4.69, 9.17) is 5.84 Å². The van der Waals surface area contributed by atoms with E-state index in [0.29, 0.717) is 5.82 Å². The molecule has 0 fully saturated rings. The summed E-state index contributed by atoms with van der Waals surface area (Å²) in [6.45, 7) is 0. The Bertz CT molecular complexity index is 659. The fourth-order valence-corrected chi connectivity index (χ4v) is 1.81. The Morgan fingerprint density at radius 2 is 2.06 bits per heavy atom. The van der Waals surface area contributed by atoms with E-state index in [1.54, 1.807) is 6.20 Å². The van der Waals surface area contributed by atoms with Gasteiger partial charge in [0.25, 0.3) is 0 Å². The van der Waals surface area contributed by atoms with Crippen LogP contribution in [0.1, 0.15) is 0 Å². The predicted molar refractivity (Wildman–Crippen MR) is 66.7 cm³/mol. The van der Waals surface area contributed by atoms with Gasteiger partial charge in [0.15, 0.2) is 0 Å². The first-order valence-corrected chi connectivity index (χ1v) is 5.24. The normalized spacial score (nSPS) is 10.6. The minimum atomic E-state index is 0.613. The lowest BCUT2D eigenvalue weighted by atomic mass is 10.2. The maximum atomic E-state index is 5.34. The molecule has 3 rings (SSSR count). The molecule has 84 valence electrons. The minimum Gasteiger partial charge on any atom is -0.308 e. The molecule has 0 bridgehead atoms. The van der Waals surface area contributed by atoms with Gasteiger partial charge >= 0.3 is 0 Å². The Morgan fingerprint density at radius 3 is 2.94 bits per heavy atom. The predicted octanol–water partition coefficient (Wildman–Crippen LogP) is 1.71. The third kappa shape index (κ3) is 1.62. The lowest BCUT2D eigenvalue weighted by Gasteiger charge is -2.05. The molecule has 1 aromatic carbocycles. The van der Waals surface area contributed by atoms with E-state index in [-0.39, 0.29) is 0 Å². The number of hydrogen-bond acceptors (Lipinski definition) is 4. The van der Waals surface area contributed by atoms with Crippen LogP contribution in [0.3, 0.4) is 0 Å². The number of nitrogens with one attached hydrogen (secondary N) is 1. The van der Waals surface area contributed by atoms with Gasteiger partial charge in [-0.3, -0.25) is 0 Å². The zero-order valence-corrected chi connectivity index (χ0v) is 9.04. The van der Waals surface area contributed by atoms with Crippen LogP contribution in [-0.2, 0) is 0 Å². The standard InChI is InChI=1S/C12H11N5/c13-16-12-7-10(5-6-14-12)17-11-4-2-1-3-9(11)8-15-17/h1-8H,13H2,(H,14,16). The summed E-state index contributed by atoms with van der Waals surface area (Å²) in [4.78, 5) is 4.07. The van der Waals surface area contributed by atoms with Crippen LogP contribution in [0.15, 0.2) is 48.8 Å². The quantitative estimate of drug-likeness (QED) is 0.514. The van der Waals surface area contributed by atoms with Gasteiger partial charge in [0.05, 0.1) is 17.4 Å². The van der Waals surface area contributed by atoms with Crippen molar-refractivity contribution in [3.63, 3.8) is 0 Å². The number of pyridine rings is 1. The van der Waals surface area contributed by atoms with Crippen LogP contribution >= 0.6 is 0 Å². The van der Waals surface area contributed by atoms with E-state index in [1.807, 2.05) is 47.3 Å². The number of anilines is 1. The molecule has 2 heterocycles. The van der Waals surface area contributed by atoms with E-state index >= 15 is 0 Å². The first-order valence-electron chi connectivity index (χ1n) is 5.24. The molecule has 0 unspecified atom stereocenters. The third-order valence-electron chi connectivity index (χ3n) is 2.61. The lowest BCUT2D eigenvalue weighted by molar-refractivity contribution is 0.907. The second kappa shape index (κ2) is 3.88. The molecule has 0 amide bonds. The average molecular weight is 225 g/mol. The van der Waals surface area contributed by atoms with Crippen molar-refractivity contribution in [2.24, 2.45) is 5.84 Å². The molecule has 0 aliphatic heterocycles. The molecule has 5 nitrogen and oxygen atoms in total. The minimum absolute atomic E-state index is 0.613. The van der Waals surface area contributed by atoms with Crippen LogP contribution in [-0.4, -0.2) is 14.8 Å². The highest BCUT2D eigenvalue weighted by Gasteiger charge is 2.04. The topological polar surface area (TPSA) is 68.8 Å². The Balaban J connectivity index is 2.20. The van der Waals surface area contributed by atoms with Crippen molar-refractivity contribution in [3.8, 4) is 5.69 Å². The summed E-state index contributed by atoms with van der Waals surface area (Å²) in [7, 11) is 0. The molecule has 0 radical (unpaired) electrons. The van der Waals surface area contributed by atoms with Crippen molar-refractivity contribution >= 4 is 16.7 Å². The Hall–Kier alpha value is -2.40. The Morgan fingerprint density at radius 1 is 1.18 bits per heavy atom. The van der Waals surface area contributed by atoms with Gasteiger partial charge < -0.3 is 5.43 Å². The van der Waals surface area contributed by atoms with Crippen LogP contribution in [0.2, 0.25) is 0 Å². The summed E-state index contributed by atoms with van der Waals surface area (Å²) in [6.07, 6.45) is 3.53.